The second-order valence-electron chi connectivity index (χ2n) is 8.03. The Kier molecular flexibility index (Phi) is 12.7. The fourth-order valence-corrected chi connectivity index (χ4v) is 3.53. The molecule has 10 heteroatoms. The third kappa shape index (κ3) is 9.11. The van der Waals surface area contributed by atoms with E-state index in [2.05, 4.69) is 26.9 Å². The number of aliphatic hydroxyl groups is 1. The van der Waals surface area contributed by atoms with Crippen molar-refractivity contribution >= 4 is 30.4 Å². The van der Waals surface area contributed by atoms with Crippen molar-refractivity contribution in [3.63, 3.8) is 0 Å². The van der Waals surface area contributed by atoms with Gasteiger partial charge < -0.3 is 19.9 Å². The zero-order valence-electron chi connectivity index (χ0n) is 22.1. The number of ether oxygens (including phenoxy) is 1. The Balaban J connectivity index is 2.39. The molecule has 0 spiro atoms. The van der Waals surface area contributed by atoms with Gasteiger partial charge in [-0.05, 0) is 57.6 Å². The van der Waals surface area contributed by atoms with Crippen molar-refractivity contribution in [2.45, 2.75) is 33.2 Å². The van der Waals surface area contributed by atoms with Crippen molar-refractivity contribution < 1.29 is 14.2 Å². The number of amidine groups is 1. The van der Waals surface area contributed by atoms with Crippen molar-refractivity contribution in [2.75, 3.05) is 12.8 Å². The van der Waals surface area contributed by atoms with Gasteiger partial charge in [0.05, 0.1) is 5.70 Å². The molecule has 2 rings (SSSR count). The Morgan fingerprint density at radius 2 is 2.18 bits per heavy atom. The molecule has 0 bridgehead atoms. The number of benzene rings is 1. The Hall–Kier alpha value is -4.05. The molecule has 0 amide bonds. The largest absolute Gasteiger partial charge is 0.505 e. The number of hydrogen-bond donors (Lipinski definition) is 4. The number of nitrogens with one attached hydrogen (secondary N) is 3. The minimum atomic E-state index is -0.773. The minimum Gasteiger partial charge on any atom is -0.505 e. The molecular weight excluding hydrogens is 503 g/mol. The molecule has 8 nitrogen and oxygen atoms in total. The average Bonchev–Trinajstić information content (AvgIpc) is 3.08. The van der Waals surface area contributed by atoms with Gasteiger partial charge in [0, 0.05) is 43.6 Å². The molecule has 0 saturated carbocycles. The van der Waals surface area contributed by atoms with Crippen LogP contribution < -0.4 is 14.8 Å². The van der Waals surface area contributed by atoms with E-state index in [1.54, 1.807) is 37.5 Å². The molecule has 1 aromatic rings. The van der Waals surface area contributed by atoms with Gasteiger partial charge in [0.2, 0.25) is 5.90 Å². The number of halogens is 1. The standard InChI is InChI=1S/C28H35FN6O2S/c1-6-7-8-13-24(32-15-10-16-34-38-5)26(36)21(3)27(30)35(31-4)25-18-20(2)14-17-33-28(25)37-23-12-9-11-22(29)19-23/h6-7,9-14,16-19,25,30,32,34,36H,4,8,15H2,1-3,5H3/b7-6+,16-10+,24-13-,26-21?,30-27?. The molecule has 1 atom stereocenters. The van der Waals surface area contributed by atoms with Gasteiger partial charge in [0.25, 0.3) is 0 Å². The molecule has 0 radical (unpaired) electrons. The first-order valence-corrected chi connectivity index (χ1v) is 13.1. The van der Waals surface area contributed by atoms with E-state index in [4.69, 9.17) is 10.1 Å². The summed E-state index contributed by atoms with van der Waals surface area (Å²) >= 11 is 1.47. The Morgan fingerprint density at radius 1 is 1.39 bits per heavy atom. The summed E-state index contributed by atoms with van der Waals surface area (Å²) in [6.07, 6.45) is 17.1. The summed E-state index contributed by atoms with van der Waals surface area (Å²) in [7, 11) is 0. The van der Waals surface area contributed by atoms with Gasteiger partial charge in [-0.1, -0.05) is 41.8 Å². The molecule has 0 aromatic heterocycles. The van der Waals surface area contributed by atoms with Crippen molar-refractivity contribution in [3.8, 4) is 5.75 Å². The van der Waals surface area contributed by atoms with E-state index in [1.807, 2.05) is 44.4 Å². The van der Waals surface area contributed by atoms with Crippen LogP contribution in [0.3, 0.4) is 0 Å². The van der Waals surface area contributed by atoms with Gasteiger partial charge in [0.1, 0.15) is 29.2 Å². The van der Waals surface area contributed by atoms with Crippen LogP contribution in [0.2, 0.25) is 0 Å². The molecule has 1 aliphatic rings. The molecule has 1 aliphatic heterocycles. The predicted octanol–water partition coefficient (Wildman–Crippen LogP) is 5.99. The smallest absolute Gasteiger partial charge is 0.223 e. The lowest BCUT2D eigenvalue weighted by atomic mass is 10.1. The van der Waals surface area contributed by atoms with E-state index in [0.29, 0.717) is 18.7 Å². The lowest BCUT2D eigenvalue weighted by molar-refractivity contribution is 0.387. The molecule has 0 saturated heterocycles. The van der Waals surface area contributed by atoms with Crippen LogP contribution in [0.15, 0.2) is 106 Å². The topological polar surface area (TPSA) is 105 Å². The number of hydrogen-bond acceptors (Lipinski definition) is 8. The average molecular weight is 539 g/mol. The maximum atomic E-state index is 13.8. The summed E-state index contributed by atoms with van der Waals surface area (Å²) in [5.41, 5.74) is 1.58. The molecule has 1 unspecified atom stereocenters. The Morgan fingerprint density at radius 3 is 2.87 bits per heavy atom. The van der Waals surface area contributed by atoms with E-state index in [0.717, 1.165) is 5.57 Å². The van der Waals surface area contributed by atoms with Crippen LogP contribution >= 0.6 is 11.9 Å². The monoisotopic (exact) mass is 538 g/mol. The molecule has 1 aromatic carbocycles. The second kappa shape index (κ2) is 15.9. The van der Waals surface area contributed by atoms with Crippen LogP contribution in [0.25, 0.3) is 0 Å². The summed E-state index contributed by atoms with van der Waals surface area (Å²) in [6.45, 7) is 9.53. The van der Waals surface area contributed by atoms with Crippen molar-refractivity contribution in [1.82, 2.24) is 15.0 Å². The molecule has 0 aliphatic carbocycles. The lowest BCUT2D eigenvalue weighted by Crippen LogP contribution is -2.43. The van der Waals surface area contributed by atoms with Gasteiger partial charge in [-0.25, -0.2) is 14.4 Å². The van der Waals surface area contributed by atoms with E-state index in [9.17, 15) is 9.50 Å². The molecule has 0 fully saturated rings. The van der Waals surface area contributed by atoms with Crippen molar-refractivity contribution in [3.05, 3.63) is 102 Å². The van der Waals surface area contributed by atoms with Crippen LogP contribution in [0.4, 0.5) is 4.39 Å². The highest BCUT2D eigenvalue weighted by atomic mass is 32.2. The third-order valence-corrected chi connectivity index (χ3v) is 5.62. The van der Waals surface area contributed by atoms with E-state index < -0.39 is 11.9 Å². The molecular formula is C28H35FN6O2S. The first kappa shape index (κ1) is 30.2. The van der Waals surface area contributed by atoms with E-state index in [1.165, 1.54) is 35.2 Å². The van der Waals surface area contributed by atoms with Gasteiger partial charge in [-0.15, -0.1) is 0 Å². The highest BCUT2D eigenvalue weighted by Gasteiger charge is 2.29. The summed E-state index contributed by atoms with van der Waals surface area (Å²) in [5.74, 6) is -0.238. The maximum absolute atomic E-state index is 13.8. The number of rotatable bonds is 12. The fourth-order valence-electron chi connectivity index (χ4n) is 3.30. The summed E-state index contributed by atoms with van der Waals surface area (Å²) in [4.78, 5) is 4.37. The summed E-state index contributed by atoms with van der Waals surface area (Å²) < 4.78 is 22.7. The molecule has 202 valence electrons. The van der Waals surface area contributed by atoms with E-state index in [-0.39, 0.29) is 28.8 Å². The predicted molar refractivity (Wildman–Crippen MR) is 157 cm³/mol. The van der Waals surface area contributed by atoms with Crippen molar-refractivity contribution in [2.24, 2.45) is 10.1 Å². The zero-order chi connectivity index (χ0) is 27.9. The fraction of sp³-hybridized carbons (Fsp3) is 0.250. The quantitative estimate of drug-likeness (QED) is 0.0495. The number of hydrazone groups is 1. The van der Waals surface area contributed by atoms with Gasteiger partial charge >= 0.3 is 0 Å². The van der Waals surface area contributed by atoms with Crippen LogP contribution in [0, 0.1) is 11.2 Å². The lowest BCUT2D eigenvalue weighted by Gasteiger charge is -2.28. The van der Waals surface area contributed by atoms with Crippen LogP contribution in [0.1, 0.15) is 27.2 Å². The molecule has 1 heterocycles. The highest BCUT2D eigenvalue weighted by Crippen LogP contribution is 2.21. The number of aliphatic hydroxyl groups excluding tert-OH is 1. The Bertz CT molecular complexity index is 1200. The van der Waals surface area contributed by atoms with Crippen LogP contribution in [0.5, 0.6) is 5.75 Å². The van der Waals surface area contributed by atoms with Gasteiger partial charge in [-0.2, -0.15) is 5.10 Å². The summed E-state index contributed by atoms with van der Waals surface area (Å²) in [5, 5.41) is 28.6. The van der Waals surface area contributed by atoms with Crippen molar-refractivity contribution in [1.29, 1.82) is 5.41 Å². The van der Waals surface area contributed by atoms with Crippen LogP contribution in [-0.4, -0.2) is 47.4 Å². The molecule has 4 N–H and O–H groups in total. The molecule has 38 heavy (non-hydrogen) atoms. The zero-order valence-corrected chi connectivity index (χ0v) is 22.9. The van der Waals surface area contributed by atoms with Gasteiger partial charge in [0.15, 0.2) is 0 Å². The second-order valence-corrected chi connectivity index (χ2v) is 8.68. The third-order valence-electron chi connectivity index (χ3n) is 5.25. The normalized spacial score (nSPS) is 16.4. The number of aliphatic imine (C=N–C) groups is 1. The Labute approximate surface area is 228 Å². The number of nitrogens with zero attached hydrogens (tertiary/aromatic N) is 3. The maximum Gasteiger partial charge on any atom is 0.223 e. The first-order valence-electron chi connectivity index (χ1n) is 11.9. The van der Waals surface area contributed by atoms with E-state index >= 15 is 0 Å². The first-order chi connectivity index (χ1) is 18.3. The van der Waals surface area contributed by atoms with Gasteiger partial charge in [-0.3, -0.25) is 5.41 Å². The highest BCUT2D eigenvalue weighted by molar-refractivity contribution is 7.96. The minimum absolute atomic E-state index is 0.101. The van der Waals surface area contributed by atoms with Crippen LogP contribution in [-0.2, 0) is 0 Å². The number of allylic oxidation sites excluding steroid dienone is 5. The SMILES string of the molecule is C=NN(C(=N)C(C)=C(O)/C(=C/C/C=C/C)NC/C=C/NSC)C1C=C(C)C=CN=C1Oc1cccc(F)c1. The summed E-state index contributed by atoms with van der Waals surface area (Å²) in [6, 6.07) is 4.93.